The van der Waals surface area contributed by atoms with Crippen molar-refractivity contribution >= 4 is 58.5 Å². The van der Waals surface area contributed by atoms with E-state index in [1.165, 1.54) is 0 Å². The summed E-state index contributed by atoms with van der Waals surface area (Å²) in [6, 6.07) is 9.32. The summed E-state index contributed by atoms with van der Waals surface area (Å²) in [5.74, 6) is -2.56. The number of nitrogens with zero attached hydrogens (tertiary/aromatic N) is 1. The Bertz CT molecular complexity index is 1280. The van der Waals surface area contributed by atoms with Crippen LogP contribution < -0.4 is 9.03 Å². The van der Waals surface area contributed by atoms with Gasteiger partial charge in [0.15, 0.2) is 0 Å². The van der Waals surface area contributed by atoms with Gasteiger partial charge in [-0.3, -0.25) is 4.79 Å². The second-order valence-corrected chi connectivity index (χ2v) is 10.4. The molecule has 0 fully saturated rings. The fourth-order valence-electron chi connectivity index (χ4n) is 3.00. The molecule has 3 rings (SSSR count). The maximum Gasteiger partial charge on any atom is 0.419 e. The number of hydrogen-bond acceptors (Lipinski definition) is 4. The number of carbonyl (C=O) groups is 1. The van der Waals surface area contributed by atoms with Crippen molar-refractivity contribution in [2.75, 3.05) is 10.8 Å². The lowest BCUT2D eigenvalue weighted by atomic mass is 10.1. The number of anilines is 1. The van der Waals surface area contributed by atoms with Crippen LogP contribution in [0.1, 0.15) is 24.0 Å². The van der Waals surface area contributed by atoms with Gasteiger partial charge in [-0.1, -0.05) is 24.3 Å². The zero-order valence-corrected chi connectivity index (χ0v) is 19.9. The third kappa shape index (κ3) is 6.02. The van der Waals surface area contributed by atoms with Gasteiger partial charge in [0.25, 0.3) is 0 Å². The summed E-state index contributed by atoms with van der Waals surface area (Å²) in [5.41, 5.74) is -1.58. The van der Waals surface area contributed by atoms with Crippen LogP contribution in [0.2, 0.25) is 0 Å². The molecule has 0 bridgehead atoms. The molecule has 1 aromatic heterocycles. The van der Waals surface area contributed by atoms with Gasteiger partial charge in [0.2, 0.25) is 0 Å². The lowest BCUT2D eigenvalue weighted by Gasteiger charge is -2.24. The van der Waals surface area contributed by atoms with Crippen molar-refractivity contribution in [3.05, 3.63) is 63.9 Å². The Hall–Kier alpha value is -2.22. The molecule has 13 heteroatoms. The smallest absolute Gasteiger partial charge is 0.419 e. The number of halogens is 5. The molecule has 0 aliphatic heterocycles. The van der Waals surface area contributed by atoms with Crippen LogP contribution in [0.3, 0.4) is 0 Å². The van der Waals surface area contributed by atoms with Crippen molar-refractivity contribution in [1.29, 1.82) is 0 Å². The van der Waals surface area contributed by atoms with Crippen LogP contribution in [0.25, 0.3) is 10.1 Å². The third-order valence-electron chi connectivity index (χ3n) is 4.55. The predicted molar refractivity (Wildman–Crippen MR) is 121 cm³/mol. The predicted octanol–water partition coefficient (Wildman–Crippen LogP) is 5.53. The zero-order valence-electron chi connectivity index (χ0n) is 16.7. The average molecular weight is 569 g/mol. The molecule has 6 nitrogen and oxygen atoms in total. The molecule has 0 spiro atoms. The molecular formula is C20H17BrF4N2O4S2. The molecule has 0 aliphatic rings. The maximum absolute atomic E-state index is 13.7. The van der Waals surface area contributed by atoms with Gasteiger partial charge >= 0.3 is 22.4 Å². The number of fused-ring (bicyclic) bond motifs is 1. The summed E-state index contributed by atoms with van der Waals surface area (Å²) in [6.07, 6.45) is -5.19. The Morgan fingerprint density at radius 1 is 1.18 bits per heavy atom. The van der Waals surface area contributed by atoms with E-state index in [0.717, 1.165) is 26.4 Å². The van der Waals surface area contributed by atoms with Gasteiger partial charge in [-0.15, -0.1) is 11.3 Å². The standard InChI is InChI=1S/C20H17BrF4N2O4S2/c21-18-13-4-1-2-5-16(13)32-19(18)27(33(30,31)26-9-3-6-17(28)29)11-12-7-8-15(22)14(10-12)20(23,24)25/h1-2,4-5,7-8,10,26H,3,6,9,11H2,(H,28,29). The molecule has 0 radical (unpaired) electrons. The Morgan fingerprint density at radius 2 is 1.88 bits per heavy atom. The number of nitrogens with one attached hydrogen (secondary N) is 1. The van der Waals surface area contributed by atoms with Gasteiger partial charge in [0.05, 0.1) is 16.6 Å². The normalized spacial score (nSPS) is 12.3. The molecule has 0 aliphatic carbocycles. The molecule has 0 saturated carbocycles. The first-order valence-electron chi connectivity index (χ1n) is 9.42. The van der Waals surface area contributed by atoms with Crippen molar-refractivity contribution in [2.24, 2.45) is 0 Å². The van der Waals surface area contributed by atoms with Gasteiger partial charge in [-0.2, -0.15) is 26.3 Å². The van der Waals surface area contributed by atoms with Crippen LogP contribution in [0.15, 0.2) is 46.9 Å². The molecule has 33 heavy (non-hydrogen) atoms. The van der Waals surface area contributed by atoms with Crippen LogP contribution in [-0.2, 0) is 27.7 Å². The number of rotatable bonds is 9. The number of benzene rings is 2. The van der Waals surface area contributed by atoms with Crippen molar-refractivity contribution < 1.29 is 35.9 Å². The van der Waals surface area contributed by atoms with Gasteiger partial charge in [-0.05, 0) is 46.1 Å². The number of carboxylic acids is 1. The Labute approximate surface area is 199 Å². The highest BCUT2D eigenvalue weighted by Gasteiger charge is 2.35. The highest BCUT2D eigenvalue weighted by molar-refractivity contribution is 9.10. The van der Waals surface area contributed by atoms with Crippen molar-refractivity contribution in [1.82, 2.24) is 4.72 Å². The molecule has 0 atom stereocenters. The Morgan fingerprint density at radius 3 is 2.52 bits per heavy atom. The summed E-state index contributed by atoms with van der Waals surface area (Å²) in [5, 5.41) is 9.66. The van der Waals surface area contributed by atoms with E-state index in [0.29, 0.717) is 22.0 Å². The van der Waals surface area contributed by atoms with Crippen LogP contribution in [-0.4, -0.2) is 26.0 Å². The molecule has 3 aromatic rings. The molecule has 0 saturated heterocycles. The summed E-state index contributed by atoms with van der Waals surface area (Å²) >= 11 is 4.48. The number of alkyl halides is 3. The van der Waals surface area contributed by atoms with Crippen LogP contribution in [0, 0.1) is 5.82 Å². The minimum atomic E-state index is -4.95. The minimum Gasteiger partial charge on any atom is -0.481 e. The van der Waals surface area contributed by atoms with E-state index < -0.39 is 40.3 Å². The van der Waals surface area contributed by atoms with Crippen LogP contribution >= 0.6 is 27.3 Å². The Kier molecular flexibility index (Phi) is 7.66. The third-order valence-corrected chi connectivity index (χ3v) is 8.38. The SMILES string of the molecule is O=C(O)CCCNS(=O)(=O)N(Cc1ccc(F)c(C(F)(F)F)c1)c1sc2ccccc2c1Br. The van der Waals surface area contributed by atoms with Gasteiger partial charge in [0, 0.05) is 23.1 Å². The highest BCUT2D eigenvalue weighted by Crippen LogP contribution is 2.43. The largest absolute Gasteiger partial charge is 0.481 e. The van der Waals surface area contributed by atoms with Crippen molar-refractivity contribution in [3.63, 3.8) is 0 Å². The number of hydrogen-bond donors (Lipinski definition) is 2. The van der Waals surface area contributed by atoms with Gasteiger partial charge < -0.3 is 5.11 Å². The quantitative estimate of drug-likeness (QED) is 0.262. The van der Waals surface area contributed by atoms with Gasteiger partial charge in [-0.25, -0.2) is 8.70 Å². The first-order chi connectivity index (χ1) is 15.4. The average Bonchev–Trinajstić information content (AvgIpc) is 3.06. The molecule has 0 unspecified atom stereocenters. The fraction of sp³-hybridized carbons (Fsp3) is 0.250. The first-order valence-corrected chi connectivity index (χ1v) is 12.5. The van der Waals surface area contributed by atoms with E-state index in [1.807, 2.05) is 0 Å². The second-order valence-electron chi connectivity index (χ2n) is 6.93. The molecule has 2 N–H and O–H groups in total. The van der Waals surface area contributed by atoms with Crippen LogP contribution in [0.4, 0.5) is 22.6 Å². The first kappa shape index (κ1) is 25.4. The summed E-state index contributed by atoms with van der Waals surface area (Å²) in [6.45, 7) is -0.700. The van der Waals surface area contributed by atoms with E-state index in [2.05, 4.69) is 20.7 Å². The van der Waals surface area contributed by atoms with E-state index >= 15 is 0 Å². The number of carboxylic acid groups (broad SMARTS) is 1. The number of aliphatic carboxylic acids is 1. The van der Waals surface area contributed by atoms with E-state index in [-0.39, 0.29) is 30.0 Å². The second kappa shape index (κ2) is 9.95. The fourth-order valence-corrected chi connectivity index (χ4v) is 6.65. The summed E-state index contributed by atoms with van der Waals surface area (Å²) in [7, 11) is -4.30. The lowest BCUT2D eigenvalue weighted by Crippen LogP contribution is -2.40. The number of thiophene rings is 1. The highest BCUT2D eigenvalue weighted by atomic mass is 79.9. The van der Waals surface area contributed by atoms with Crippen molar-refractivity contribution in [2.45, 2.75) is 25.6 Å². The topological polar surface area (TPSA) is 86.7 Å². The molecule has 2 aromatic carbocycles. The zero-order chi connectivity index (χ0) is 24.4. The monoisotopic (exact) mass is 568 g/mol. The molecular weight excluding hydrogens is 552 g/mol. The molecule has 0 amide bonds. The maximum atomic E-state index is 13.7. The lowest BCUT2D eigenvalue weighted by molar-refractivity contribution is -0.140. The Balaban J connectivity index is 2.02. The van der Waals surface area contributed by atoms with Gasteiger partial charge in [0.1, 0.15) is 10.8 Å². The minimum absolute atomic E-state index is 0.0186. The van der Waals surface area contributed by atoms with Crippen molar-refractivity contribution in [3.8, 4) is 0 Å². The van der Waals surface area contributed by atoms with E-state index in [9.17, 15) is 30.8 Å². The molecule has 178 valence electrons. The summed E-state index contributed by atoms with van der Waals surface area (Å²) in [4.78, 5) is 10.7. The van der Waals surface area contributed by atoms with Crippen LogP contribution in [0.5, 0.6) is 0 Å². The van der Waals surface area contributed by atoms with E-state index in [1.54, 1.807) is 24.3 Å². The molecule has 1 heterocycles. The summed E-state index contributed by atoms with van der Waals surface area (Å²) < 4.78 is 83.8. The van der Waals surface area contributed by atoms with E-state index in [4.69, 9.17) is 5.11 Å².